The molecule has 0 spiro atoms. The maximum absolute atomic E-state index is 12.5. The Morgan fingerprint density at radius 2 is 2.04 bits per heavy atom. The number of nitrogens with zero attached hydrogens (tertiary/aromatic N) is 2. The molecule has 1 heterocycles. The lowest BCUT2D eigenvalue weighted by Crippen LogP contribution is -2.53. The van der Waals surface area contributed by atoms with E-state index in [9.17, 15) is 9.90 Å². The predicted molar refractivity (Wildman–Crippen MR) is 91.0 cm³/mol. The minimum atomic E-state index is 0.0914. The largest absolute Gasteiger partial charge is 0.497 e. The van der Waals surface area contributed by atoms with Crippen molar-refractivity contribution < 1.29 is 14.6 Å². The summed E-state index contributed by atoms with van der Waals surface area (Å²) in [7, 11) is 1.59. The Kier molecular flexibility index (Phi) is 6.69. The van der Waals surface area contributed by atoms with E-state index in [2.05, 4.69) is 11.8 Å². The summed E-state index contributed by atoms with van der Waals surface area (Å²) >= 11 is 6.21. The number of aliphatic hydroxyl groups excluding tert-OH is 1. The summed E-state index contributed by atoms with van der Waals surface area (Å²) in [6.45, 7) is 5.25. The van der Waals surface area contributed by atoms with Crippen molar-refractivity contribution in [2.24, 2.45) is 0 Å². The average molecular weight is 341 g/mol. The molecule has 1 unspecified atom stereocenters. The fourth-order valence-corrected chi connectivity index (χ4v) is 3.15. The molecule has 2 rings (SSSR count). The van der Waals surface area contributed by atoms with E-state index in [-0.39, 0.29) is 18.6 Å². The van der Waals surface area contributed by atoms with Crippen molar-refractivity contribution >= 4 is 17.5 Å². The van der Waals surface area contributed by atoms with Crippen LogP contribution in [0.25, 0.3) is 0 Å². The number of methoxy groups -OCH3 is 1. The minimum Gasteiger partial charge on any atom is -0.497 e. The Morgan fingerprint density at radius 3 is 2.57 bits per heavy atom. The van der Waals surface area contributed by atoms with Gasteiger partial charge in [0.1, 0.15) is 5.75 Å². The molecule has 1 aliphatic rings. The Labute approximate surface area is 142 Å². The Balaban J connectivity index is 1.90. The van der Waals surface area contributed by atoms with Crippen LogP contribution >= 0.6 is 11.6 Å². The number of carbonyl (C=O) groups excluding carboxylic acids is 1. The third-order valence-electron chi connectivity index (χ3n) is 4.47. The van der Waals surface area contributed by atoms with E-state index in [1.54, 1.807) is 13.2 Å². The highest BCUT2D eigenvalue weighted by molar-refractivity contribution is 6.31. The Morgan fingerprint density at radius 1 is 1.35 bits per heavy atom. The summed E-state index contributed by atoms with van der Waals surface area (Å²) in [5.41, 5.74) is 0.821. The number of carbonyl (C=O) groups is 1. The number of amides is 1. The molecule has 1 aromatic carbocycles. The molecule has 5 nitrogen and oxygen atoms in total. The highest BCUT2D eigenvalue weighted by atomic mass is 35.5. The van der Waals surface area contributed by atoms with Crippen LogP contribution in [0.2, 0.25) is 5.02 Å². The van der Waals surface area contributed by atoms with Gasteiger partial charge in [-0.3, -0.25) is 9.69 Å². The molecule has 23 heavy (non-hydrogen) atoms. The molecular weight excluding hydrogens is 316 g/mol. The number of ether oxygens (including phenoxy) is 1. The van der Waals surface area contributed by atoms with E-state index in [0.717, 1.165) is 25.1 Å². The van der Waals surface area contributed by atoms with Crippen molar-refractivity contribution in [3.63, 3.8) is 0 Å². The molecule has 1 saturated heterocycles. The van der Waals surface area contributed by atoms with Gasteiger partial charge in [0.2, 0.25) is 5.91 Å². The van der Waals surface area contributed by atoms with E-state index in [1.165, 1.54) is 0 Å². The summed E-state index contributed by atoms with van der Waals surface area (Å²) in [4.78, 5) is 16.6. The fourth-order valence-electron chi connectivity index (χ4n) is 2.91. The predicted octanol–water partition coefficient (Wildman–Crippen LogP) is 1.81. The monoisotopic (exact) mass is 340 g/mol. The summed E-state index contributed by atoms with van der Waals surface area (Å²) < 4.78 is 5.12. The zero-order chi connectivity index (χ0) is 16.8. The first-order valence-corrected chi connectivity index (χ1v) is 8.42. The number of halogens is 1. The van der Waals surface area contributed by atoms with Crippen LogP contribution in [0.1, 0.15) is 18.9 Å². The van der Waals surface area contributed by atoms with Crippen molar-refractivity contribution in [2.75, 3.05) is 39.9 Å². The maximum Gasteiger partial charge on any atom is 0.227 e. The fraction of sp³-hybridized carbons (Fsp3) is 0.588. The van der Waals surface area contributed by atoms with Crippen molar-refractivity contribution in [3.05, 3.63) is 28.8 Å². The van der Waals surface area contributed by atoms with Crippen LogP contribution in [0, 0.1) is 0 Å². The van der Waals surface area contributed by atoms with Crippen molar-refractivity contribution in [3.8, 4) is 5.75 Å². The van der Waals surface area contributed by atoms with Crippen molar-refractivity contribution in [1.29, 1.82) is 0 Å². The Bertz CT molecular complexity index is 527. The molecule has 128 valence electrons. The smallest absolute Gasteiger partial charge is 0.227 e. The zero-order valence-corrected chi connectivity index (χ0v) is 14.6. The molecule has 1 atom stereocenters. The molecule has 1 N–H and O–H groups in total. The van der Waals surface area contributed by atoms with Crippen LogP contribution < -0.4 is 4.74 Å². The van der Waals surface area contributed by atoms with E-state index in [0.29, 0.717) is 30.3 Å². The van der Waals surface area contributed by atoms with Gasteiger partial charge in [-0.05, 0) is 24.1 Å². The first-order valence-electron chi connectivity index (χ1n) is 8.04. The van der Waals surface area contributed by atoms with Gasteiger partial charge in [-0.1, -0.05) is 24.6 Å². The molecule has 1 aromatic rings. The summed E-state index contributed by atoms with van der Waals surface area (Å²) in [5, 5.41) is 9.93. The van der Waals surface area contributed by atoms with Crippen molar-refractivity contribution in [2.45, 2.75) is 25.8 Å². The van der Waals surface area contributed by atoms with Crippen LogP contribution in [0.5, 0.6) is 5.75 Å². The van der Waals surface area contributed by atoms with E-state index in [1.807, 2.05) is 17.0 Å². The van der Waals surface area contributed by atoms with Crippen LogP contribution in [-0.2, 0) is 11.2 Å². The van der Waals surface area contributed by atoms with Gasteiger partial charge in [-0.2, -0.15) is 0 Å². The molecule has 0 saturated carbocycles. The zero-order valence-electron chi connectivity index (χ0n) is 13.8. The second kappa shape index (κ2) is 8.52. The second-order valence-corrected chi connectivity index (χ2v) is 6.20. The molecule has 1 amide bonds. The molecule has 0 aliphatic carbocycles. The number of hydrogen-bond donors (Lipinski definition) is 1. The highest BCUT2D eigenvalue weighted by Gasteiger charge is 2.25. The van der Waals surface area contributed by atoms with Gasteiger partial charge in [-0.25, -0.2) is 0 Å². The van der Waals surface area contributed by atoms with Crippen molar-refractivity contribution in [1.82, 2.24) is 9.80 Å². The number of benzene rings is 1. The van der Waals surface area contributed by atoms with Crippen LogP contribution in [-0.4, -0.2) is 66.8 Å². The lowest BCUT2D eigenvalue weighted by atomic mass is 10.1. The molecule has 6 heteroatoms. The van der Waals surface area contributed by atoms with Gasteiger partial charge in [0.05, 0.1) is 20.1 Å². The van der Waals surface area contributed by atoms with E-state index < -0.39 is 0 Å². The summed E-state index contributed by atoms with van der Waals surface area (Å²) in [6.07, 6.45) is 1.23. The summed E-state index contributed by atoms with van der Waals surface area (Å²) in [6, 6.07) is 5.59. The number of rotatable bonds is 6. The second-order valence-electron chi connectivity index (χ2n) is 5.80. The molecule has 1 fully saturated rings. The van der Waals surface area contributed by atoms with Crippen LogP contribution in [0.3, 0.4) is 0 Å². The molecule has 0 aromatic heterocycles. The van der Waals surface area contributed by atoms with E-state index >= 15 is 0 Å². The standard InChI is InChI=1S/C17H25ClN2O3/c1-3-14(12-21)19-6-8-20(9-7-19)17(22)10-13-4-5-15(23-2)11-16(13)18/h4-5,11,14,21H,3,6-10,12H2,1-2H3. The lowest BCUT2D eigenvalue weighted by molar-refractivity contribution is -0.132. The maximum atomic E-state index is 12.5. The van der Waals surface area contributed by atoms with Gasteiger partial charge in [0.15, 0.2) is 0 Å². The van der Waals surface area contributed by atoms with Gasteiger partial charge in [0, 0.05) is 37.2 Å². The quantitative estimate of drug-likeness (QED) is 0.858. The molecule has 0 bridgehead atoms. The van der Waals surface area contributed by atoms with Gasteiger partial charge < -0.3 is 14.7 Å². The third-order valence-corrected chi connectivity index (χ3v) is 4.82. The highest BCUT2D eigenvalue weighted by Crippen LogP contribution is 2.23. The minimum absolute atomic E-state index is 0.0914. The summed E-state index contributed by atoms with van der Waals surface area (Å²) in [5.74, 6) is 0.781. The normalized spacial score (nSPS) is 17.1. The Hall–Kier alpha value is -1.30. The van der Waals surface area contributed by atoms with Gasteiger partial charge in [-0.15, -0.1) is 0 Å². The lowest BCUT2D eigenvalue weighted by Gasteiger charge is -2.38. The first-order chi connectivity index (χ1) is 11.1. The molecule has 0 radical (unpaired) electrons. The topological polar surface area (TPSA) is 53.0 Å². The molecule has 1 aliphatic heterocycles. The van der Waals surface area contributed by atoms with Gasteiger partial charge in [0.25, 0.3) is 0 Å². The third kappa shape index (κ3) is 4.59. The number of piperazine rings is 1. The number of aliphatic hydroxyl groups is 1. The van der Waals surface area contributed by atoms with Gasteiger partial charge >= 0.3 is 0 Å². The average Bonchev–Trinajstić information content (AvgIpc) is 2.58. The van der Waals surface area contributed by atoms with Crippen LogP contribution in [0.15, 0.2) is 18.2 Å². The van der Waals surface area contributed by atoms with E-state index in [4.69, 9.17) is 16.3 Å². The first kappa shape index (κ1) is 18.0. The number of hydrogen-bond acceptors (Lipinski definition) is 4. The van der Waals surface area contributed by atoms with Crippen LogP contribution in [0.4, 0.5) is 0 Å². The molecular formula is C17H25ClN2O3. The SMILES string of the molecule is CCC(CO)N1CCN(C(=O)Cc2ccc(OC)cc2Cl)CC1.